The summed E-state index contributed by atoms with van der Waals surface area (Å²) in [5.74, 6) is 0.818. The second-order valence-corrected chi connectivity index (χ2v) is 1.60. The summed E-state index contributed by atoms with van der Waals surface area (Å²) in [7, 11) is 0.425. The van der Waals surface area contributed by atoms with Gasteiger partial charge in [0.15, 0.2) is 0 Å². The van der Waals surface area contributed by atoms with E-state index in [1.54, 1.807) is 0 Å². The first-order chi connectivity index (χ1) is 2.91. The van der Waals surface area contributed by atoms with E-state index in [4.69, 9.17) is 0 Å². The molecule has 0 saturated heterocycles. The van der Waals surface area contributed by atoms with Crippen molar-refractivity contribution >= 4 is 19.4 Å². The standard InChI is InChI=1S/C2H5BO2S/c1-2-6-5-3-4/h2H2,1H3. The first-order valence-electron chi connectivity index (χ1n) is 1.63. The fourth-order valence-corrected chi connectivity index (χ4v) is 0.287. The van der Waals surface area contributed by atoms with Gasteiger partial charge in [0.25, 0.3) is 0 Å². The number of hydrogen-bond acceptors (Lipinski definition) is 3. The summed E-state index contributed by atoms with van der Waals surface area (Å²) < 4.78 is 13.5. The van der Waals surface area contributed by atoms with E-state index >= 15 is 0 Å². The molecular weight excluding hydrogens is 98.9 g/mol. The van der Waals surface area contributed by atoms with Crippen LogP contribution in [-0.2, 0) is 8.81 Å². The van der Waals surface area contributed by atoms with Gasteiger partial charge in [0.05, 0.1) is 0 Å². The van der Waals surface area contributed by atoms with Crippen molar-refractivity contribution in [3.8, 4) is 0 Å². The van der Waals surface area contributed by atoms with Crippen LogP contribution in [0.25, 0.3) is 0 Å². The van der Waals surface area contributed by atoms with Gasteiger partial charge in [-0.3, -0.25) is 0 Å². The van der Waals surface area contributed by atoms with E-state index in [9.17, 15) is 4.70 Å². The van der Waals surface area contributed by atoms with Gasteiger partial charge in [-0.15, -0.1) is 0 Å². The predicted octanol–water partition coefficient (Wildman–Crippen LogP) is 0.636. The molecule has 0 radical (unpaired) electrons. The van der Waals surface area contributed by atoms with Crippen molar-refractivity contribution in [2.45, 2.75) is 6.92 Å². The Balaban J connectivity index is 2.49. The van der Waals surface area contributed by atoms with Crippen LogP contribution in [0.3, 0.4) is 0 Å². The second kappa shape index (κ2) is 5.01. The molecule has 0 N–H and O–H groups in total. The molecule has 6 heavy (non-hydrogen) atoms. The van der Waals surface area contributed by atoms with Crippen LogP contribution in [0, 0.1) is 0 Å². The Morgan fingerprint density at radius 1 is 2.00 bits per heavy atom. The van der Waals surface area contributed by atoms with Gasteiger partial charge < -0.3 is 0 Å². The summed E-state index contributed by atoms with van der Waals surface area (Å²) in [5.41, 5.74) is 0. The Hall–Kier alpha value is 0.0149. The summed E-state index contributed by atoms with van der Waals surface area (Å²) >= 11 is 1.14. The van der Waals surface area contributed by atoms with Crippen molar-refractivity contribution in [2.75, 3.05) is 5.75 Å². The first kappa shape index (κ1) is 6.01. The number of hydrogen-bond donors (Lipinski definition) is 0. The maximum absolute atomic E-state index is 9.32. The Labute approximate surface area is 41.7 Å². The van der Waals surface area contributed by atoms with Crippen LogP contribution < -0.4 is 0 Å². The van der Waals surface area contributed by atoms with Crippen molar-refractivity contribution in [3.63, 3.8) is 0 Å². The fourth-order valence-electron chi connectivity index (χ4n) is 0.0958. The first-order valence-corrected chi connectivity index (χ1v) is 2.54. The Morgan fingerprint density at radius 3 is 2.83 bits per heavy atom. The molecule has 0 aliphatic carbocycles. The molecule has 0 aromatic heterocycles. The third kappa shape index (κ3) is 4.01. The molecule has 0 fully saturated rings. The fraction of sp³-hybridized carbons (Fsp3) is 1.00. The summed E-state index contributed by atoms with van der Waals surface area (Å²) in [5, 5.41) is 0. The summed E-state index contributed by atoms with van der Waals surface area (Å²) in [6, 6.07) is 0. The van der Waals surface area contributed by atoms with Crippen LogP contribution in [0.1, 0.15) is 6.92 Å². The van der Waals surface area contributed by atoms with Gasteiger partial charge in [-0.1, -0.05) is 0 Å². The molecule has 0 bridgehead atoms. The average molecular weight is 104 g/mol. The zero-order valence-electron chi connectivity index (χ0n) is 3.51. The zero-order valence-corrected chi connectivity index (χ0v) is 4.33. The second-order valence-electron chi connectivity index (χ2n) is 0.599. The normalized spacial score (nSPS) is 6.83. The molecule has 0 spiro atoms. The molecule has 34 valence electrons. The molecule has 0 amide bonds. The SMILES string of the molecule is CCSOB=O. The van der Waals surface area contributed by atoms with Crippen LogP contribution in [0.15, 0.2) is 0 Å². The van der Waals surface area contributed by atoms with Gasteiger partial charge in [0, 0.05) is 0 Å². The summed E-state index contributed by atoms with van der Waals surface area (Å²) in [4.78, 5) is 0. The molecule has 0 rings (SSSR count). The quantitative estimate of drug-likeness (QED) is 0.298. The van der Waals surface area contributed by atoms with Crippen molar-refractivity contribution in [3.05, 3.63) is 0 Å². The van der Waals surface area contributed by atoms with Crippen molar-refractivity contribution in [1.29, 1.82) is 0 Å². The van der Waals surface area contributed by atoms with Gasteiger partial charge in [-0.05, 0) is 0 Å². The topological polar surface area (TPSA) is 26.3 Å². The van der Waals surface area contributed by atoms with Crippen molar-refractivity contribution < 1.29 is 8.81 Å². The molecule has 0 aromatic carbocycles. The average Bonchev–Trinajstić information content (AvgIpc) is 1.61. The third-order valence-corrected chi connectivity index (χ3v) is 0.676. The van der Waals surface area contributed by atoms with Crippen LogP contribution >= 0.6 is 12.0 Å². The molecule has 0 aromatic rings. The monoisotopic (exact) mass is 104 g/mol. The molecule has 0 aliphatic heterocycles. The van der Waals surface area contributed by atoms with E-state index in [1.807, 2.05) is 6.92 Å². The predicted molar refractivity (Wildman–Crippen MR) is 25.7 cm³/mol. The molecular formula is C2H5BO2S. The molecule has 0 unspecified atom stereocenters. The molecule has 0 saturated carbocycles. The van der Waals surface area contributed by atoms with Crippen LogP contribution in [-0.4, -0.2) is 13.1 Å². The number of rotatable bonds is 3. The molecule has 0 aliphatic rings. The van der Waals surface area contributed by atoms with Crippen molar-refractivity contribution in [2.24, 2.45) is 0 Å². The van der Waals surface area contributed by atoms with E-state index in [2.05, 4.69) is 4.10 Å². The van der Waals surface area contributed by atoms with Gasteiger partial charge in [0.1, 0.15) is 0 Å². The van der Waals surface area contributed by atoms with E-state index < -0.39 is 0 Å². The van der Waals surface area contributed by atoms with Gasteiger partial charge in [-0.25, -0.2) is 0 Å². The van der Waals surface area contributed by atoms with Gasteiger partial charge in [0.2, 0.25) is 0 Å². The molecule has 2 nitrogen and oxygen atoms in total. The molecule has 4 heteroatoms. The van der Waals surface area contributed by atoms with Crippen molar-refractivity contribution in [1.82, 2.24) is 0 Å². The zero-order chi connectivity index (χ0) is 4.83. The van der Waals surface area contributed by atoms with E-state index in [-0.39, 0.29) is 0 Å². The Morgan fingerprint density at radius 2 is 2.67 bits per heavy atom. The summed E-state index contributed by atoms with van der Waals surface area (Å²) in [6.45, 7) is 1.91. The minimum absolute atomic E-state index is 0.425. The Bertz CT molecular complexity index is 40.5. The van der Waals surface area contributed by atoms with E-state index in [0.29, 0.717) is 7.35 Å². The minimum atomic E-state index is 0.425. The van der Waals surface area contributed by atoms with Gasteiger partial charge >= 0.3 is 40.9 Å². The van der Waals surface area contributed by atoms with E-state index in [0.717, 1.165) is 17.8 Å². The molecule has 0 atom stereocenters. The summed E-state index contributed by atoms with van der Waals surface area (Å²) in [6.07, 6.45) is 0. The van der Waals surface area contributed by atoms with Gasteiger partial charge in [-0.2, -0.15) is 0 Å². The Kier molecular flexibility index (Phi) is 5.03. The van der Waals surface area contributed by atoms with Crippen LogP contribution in [0.5, 0.6) is 0 Å². The van der Waals surface area contributed by atoms with Crippen LogP contribution in [0.4, 0.5) is 0 Å². The van der Waals surface area contributed by atoms with E-state index in [1.165, 1.54) is 0 Å². The van der Waals surface area contributed by atoms with Crippen LogP contribution in [0.2, 0.25) is 0 Å². The third-order valence-electron chi connectivity index (χ3n) is 0.225. The molecule has 0 heterocycles. The maximum atomic E-state index is 9.32.